The quantitative estimate of drug-likeness (QED) is 0.309. The molecule has 0 aliphatic heterocycles. The van der Waals surface area contributed by atoms with Crippen LogP contribution in [0.3, 0.4) is 0 Å². The number of aromatic hydroxyl groups is 1. The third-order valence-corrected chi connectivity index (χ3v) is 4.81. The van der Waals surface area contributed by atoms with Gasteiger partial charge in [0.1, 0.15) is 17.1 Å². The number of carbonyl (C=O) groups excluding carboxylic acids is 1. The highest BCUT2D eigenvalue weighted by Gasteiger charge is 2.07. The summed E-state index contributed by atoms with van der Waals surface area (Å²) in [4.78, 5) is 23.4. The number of phenols is 1. The van der Waals surface area contributed by atoms with Crippen molar-refractivity contribution in [3.05, 3.63) is 66.9 Å². The number of nitrogens with zero attached hydrogens (tertiary/aromatic N) is 1. The number of nitrogens with one attached hydrogen (secondary N) is 1. The van der Waals surface area contributed by atoms with Gasteiger partial charge in [0, 0.05) is 27.6 Å². The lowest BCUT2D eigenvalue weighted by Gasteiger charge is -2.07. The number of amides is 1. The first-order valence-electron chi connectivity index (χ1n) is 8.00. The first-order chi connectivity index (χ1) is 13.3. The molecule has 28 heavy (non-hydrogen) atoms. The number of aryl methyl sites for hydroxylation is 1. The van der Waals surface area contributed by atoms with Crippen LogP contribution in [0.4, 0.5) is 0 Å². The van der Waals surface area contributed by atoms with E-state index >= 15 is 0 Å². The highest BCUT2D eigenvalue weighted by molar-refractivity contribution is 9.11. The molecule has 0 saturated heterocycles. The fourth-order valence-electron chi connectivity index (χ4n) is 2.43. The van der Waals surface area contributed by atoms with E-state index in [1.54, 1.807) is 30.3 Å². The van der Waals surface area contributed by atoms with E-state index in [-0.39, 0.29) is 12.4 Å². The Morgan fingerprint density at radius 2 is 2.07 bits per heavy atom. The normalized spacial score (nSPS) is 11.1. The highest BCUT2D eigenvalue weighted by Crippen LogP contribution is 2.30. The first kappa shape index (κ1) is 20.1. The predicted octanol–water partition coefficient (Wildman–Crippen LogP) is 3.86. The minimum atomic E-state index is -0.490. The van der Waals surface area contributed by atoms with Crippen LogP contribution in [0.5, 0.6) is 11.5 Å². The number of hydrazone groups is 1. The molecule has 0 saturated carbocycles. The Morgan fingerprint density at radius 3 is 2.86 bits per heavy atom. The van der Waals surface area contributed by atoms with Crippen molar-refractivity contribution in [1.82, 2.24) is 5.43 Å². The van der Waals surface area contributed by atoms with Crippen LogP contribution < -0.4 is 15.8 Å². The molecule has 1 aromatic heterocycles. The van der Waals surface area contributed by atoms with Gasteiger partial charge >= 0.3 is 5.63 Å². The monoisotopic (exact) mass is 508 g/mol. The van der Waals surface area contributed by atoms with Crippen LogP contribution in [-0.4, -0.2) is 23.8 Å². The van der Waals surface area contributed by atoms with Gasteiger partial charge in [-0.15, -0.1) is 0 Å². The molecular weight excluding hydrogens is 496 g/mol. The molecule has 1 amide bonds. The molecule has 3 aromatic rings. The average molecular weight is 510 g/mol. The lowest BCUT2D eigenvalue weighted by atomic mass is 10.1. The summed E-state index contributed by atoms with van der Waals surface area (Å²) in [6, 6.07) is 9.74. The Morgan fingerprint density at radius 1 is 1.29 bits per heavy atom. The Hall–Kier alpha value is -2.65. The summed E-state index contributed by atoms with van der Waals surface area (Å²) in [6.45, 7) is 1.53. The molecule has 0 bridgehead atoms. The zero-order chi connectivity index (χ0) is 20.3. The number of phenolic OH excluding ortho intramolecular Hbond substituents is 1. The van der Waals surface area contributed by atoms with Gasteiger partial charge in [-0.2, -0.15) is 5.10 Å². The topological polar surface area (TPSA) is 101 Å². The van der Waals surface area contributed by atoms with E-state index in [4.69, 9.17) is 9.15 Å². The number of hydrogen-bond donors (Lipinski definition) is 2. The number of fused-ring (bicyclic) bond motifs is 1. The van der Waals surface area contributed by atoms with Crippen LogP contribution in [0.1, 0.15) is 11.1 Å². The van der Waals surface area contributed by atoms with E-state index in [0.717, 1.165) is 15.4 Å². The maximum absolute atomic E-state index is 11.9. The number of benzene rings is 2. The Kier molecular flexibility index (Phi) is 6.15. The summed E-state index contributed by atoms with van der Waals surface area (Å²) in [5, 5.41) is 14.5. The van der Waals surface area contributed by atoms with Crippen molar-refractivity contribution in [3.8, 4) is 11.5 Å². The minimum Gasteiger partial charge on any atom is -0.506 e. The molecular formula is C19H14Br2N2O5. The van der Waals surface area contributed by atoms with E-state index in [0.29, 0.717) is 21.4 Å². The number of halogens is 2. The largest absolute Gasteiger partial charge is 0.506 e. The summed E-state index contributed by atoms with van der Waals surface area (Å²) in [6.07, 6.45) is 1.32. The molecule has 7 nitrogen and oxygen atoms in total. The standard InChI is InChI=1S/C19H14Br2N2O5/c1-10-4-18(25)28-16-7-13(2-3-14(10)16)27-9-17(24)23-22-8-11-5-12(20)6-15(21)19(11)26/h2-8,26H,9H2,1H3,(H,23,24)/b22-8-. The summed E-state index contributed by atoms with van der Waals surface area (Å²) in [5.41, 5.74) is 3.47. The van der Waals surface area contributed by atoms with E-state index in [9.17, 15) is 14.7 Å². The molecule has 3 rings (SSSR count). The van der Waals surface area contributed by atoms with Crippen LogP contribution in [0, 0.1) is 6.92 Å². The average Bonchev–Trinajstić information content (AvgIpc) is 2.63. The molecule has 144 valence electrons. The lowest BCUT2D eigenvalue weighted by molar-refractivity contribution is -0.123. The number of hydrogen-bond acceptors (Lipinski definition) is 6. The van der Waals surface area contributed by atoms with Gasteiger partial charge in [0.15, 0.2) is 6.61 Å². The van der Waals surface area contributed by atoms with Gasteiger partial charge in [-0.3, -0.25) is 4.79 Å². The maximum atomic E-state index is 11.9. The number of ether oxygens (including phenoxy) is 1. The Bertz CT molecular complexity index is 1140. The molecule has 0 aliphatic rings. The van der Waals surface area contributed by atoms with E-state index in [2.05, 4.69) is 42.4 Å². The lowest BCUT2D eigenvalue weighted by Crippen LogP contribution is -2.24. The Labute approximate surface area is 176 Å². The van der Waals surface area contributed by atoms with Gasteiger partial charge in [-0.05, 0) is 52.7 Å². The van der Waals surface area contributed by atoms with Gasteiger partial charge in [0.25, 0.3) is 5.91 Å². The van der Waals surface area contributed by atoms with Gasteiger partial charge in [-0.25, -0.2) is 10.2 Å². The van der Waals surface area contributed by atoms with Gasteiger partial charge in [0.2, 0.25) is 0 Å². The smallest absolute Gasteiger partial charge is 0.336 e. The molecule has 9 heteroatoms. The molecule has 1 heterocycles. The van der Waals surface area contributed by atoms with Gasteiger partial charge < -0.3 is 14.3 Å². The molecule has 0 radical (unpaired) electrons. The predicted molar refractivity (Wildman–Crippen MR) is 112 cm³/mol. The SMILES string of the molecule is Cc1cc(=O)oc2cc(OCC(=O)N/N=C\c3cc(Br)cc(Br)c3O)ccc12. The molecule has 2 N–H and O–H groups in total. The molecule has 0 atom stereocenters. The van der Waals surface area contributed by atoms with Crippen molar-refractivity contribution in [3.63, 3.8) is 0 Å². The van der Waals surface area contributed by atoms with E-state index in [1.807, 2.05) is 6.92 Å². The van der Waals surface area contributed by atoms with Crippen molar-refractivity contribution in [1.29, 1.82) is 0 Å². The van der Waals surface area contributed by atoms with Crippen LogP contribution >= 0.6 is 31.9 Å². The highest BCUT2D eigenvalue weighted by atomic mass is 79.9. The third kappa shape index (κ3) is 4.79. The van der Waals surface area contributed by atoms with Crippen molar-refractivity contribution in [2.45, 2.75) is 6.92 Å². The summed E-state index contributed by atoms with van der Waals surface area (Å²) >= 11 is 6.53. The molecule has 2 aromatic carbocycles. The van der Waals surface area contributed by atoms with Gasteiger partial charge in [0.05, 0.1) is 10.7 Å². The molecule has 0 aliphatic carbocycles. The van der Waals surface area contributed by atoms with Crippen LogP contribution in [0.2, 0.25) is 0 Å². The van der Waals surface area contributed by atoms with Crippen molar-refractivity contribution < 1.29 is 19.1 Å². The molecule has 0 spiro atoms. The van der Waals surface area contributed by atoms with Crippen LogP contribution in [0.15, 0.2) is 59.7 Å². The fourth-order valence-corrected chi connectivity index (χ4v) is 3.69. The van der Waals surface area contributed by atoms with Crippen molar-refractivity contribution in [2.24, 2.45) is 5.10 Å². The number of rotatable bonds is 5. The van der Waals surface area contributed by atoms with E-state index in [1.165, 1.54) is 12.3 Å². The first-order valence-corrected chi connectivity index (χ1v) is 9.59. The van der Waals surface area contributed by atoms with Crippen molar-refractivity contribution >= 4 is 55.0 Å². The zero-order valence-electron chi connectivity index (χ0n) is 14.5. The maximum Gasteiger partial charge on any atom is 0.336 e. The van der Waals surface area contributed by atoms with Crippen LogP contribution in [0.25, 0.3) is 11.0 Å². The number of carbonyl (C=O) groups is 1. The fraction of sp³-hybridized carbons (Fsp3) is 0.105. The molecule has 0 unspecified atom stereocenters. The van der Waals surface area contributed by atoms with Gasteiger partial charge in [-0.1, -0.05) is 15.9 Å². The molecule has 0 fully saturated rings. The van der Waals surface area contributed by atoms with Crippen LogP contribution in [-0.2, 0) is 4.79 Å². The third-order valence-electron chi connectivity index (χ3n) is 3.74. The Balaban J connectivity index is 1.62. The second kappa shape index (κ2) is 8.57. The minimum absolute atomic E-state index is 0.00500. The summed E-state index contributed by atoms with van der Waals surface area (Å²) in [5.74, 6) is -0.102. The van der Waals surface area contributed by atoms with Crippen molar-refractivity contribution in [2.75, 3.05) is 6.61 Å². The zero-order valence-corrected chi connectivity index (χ0v) is 17.7. The second-order valence-corrected chi connectivity index (χ2v) is 7.58. The summed E-state index contributed by atoms with van der Waals surface area (Å²) < 4.78 is 11.8. The summed E-state index contributed by atoms with van der Waals surface area (Å²) in [7, 11) is 0. The van der Waals surface area contributed by atoms with E-state index < -0.39 is 11.5 Å². The second-order valence-electron chi connectivity index (χ2n) is 5.81.